The first kappa shape index (κ1) is 25.6. The van der Waals surface area contributed by atoms with Gasteiger partial charge in [0.05, 0.1) is 0 Å². The summed E-state index contributed by atoms with van der Waals surface area (Å²) in [4.78, 5) is 40.4. The maximum atomic E-state index is 12.9. The highest BCUT2D eigenvalue weighted by molar-refractivity contribution is 5.88. The average molecular weight is 481 g/mol. The first-order valence-corrected chi connectivity index (χ1v) is 11.5. The minimum absolute atomic E-state index is 0.158. The zero-order valence-electron chi connectivity index (χ0n) is 20.2. The molecule has 0 aliphatic carbocycles. The number of alkyl carbamates (subject to hydrolysis) is 2. The Balaban J connectivity index is 1.53. The van der Waals surface area contributed by atoms with E-state index in [4.69, 9.17) is 9.47 Å². The van der Waals surface area contributed by atoms with Crippen LogP contribution in [0.3, 0.4) is 0 Å². The van der Waals surface area contributed by atoms with Crippen LogP contribution in [0.25, 0.3) is 10.9 Å². The molecule has 0 saturated carbocycles. The van der Waals surface area contributed by atoms with Crippen LogP contribution in [0.5, 0.6) is 0 Å². The molecule has 9 heteroatoms. The molecule has 1 aromatic heterocycles. The molecule has 0 fully saturated rings. The number of fused-ring (bicyclic) bond motifs is 1. The third kappa shape index (κ3) is 8.37. The van der Waals surface area contributed by atoms with Crippen LogP contribution in [-0.4, -0.2) is 47.8 Å². The molecule has 0 unspecified atom stereocenters. The molecule has 2 aromatic carbocycles. The smallest absolute Gasteiger partial charge is 0.408 e. The Morgan fingerprint density at radius 3 is 2.34 bits per heavy atom. The highest BCUT2D eigenvalue weighted by atomic mass is 16.6. The number of amides is 3. The number of aromatic amines is 1. The molecule has 0 spiro atoms. The number of rotatable bonds is 9. The Labute approximate surface area is 204 Å². The van der Waals surface area contributed by atoms with Crippen LogP contribution in [0.2, 0.25) is 0 Å². The van der Waals surface area contributed by atoms with Gasteiger partial charge in [-0.2, -0.15) is 0 Å². The molecule has 35 heavy (non-hydrogen) atoms. The van der Waals surface area contributed by atoms with Crippen molar-refractivity contribution < 1.29 is 23.9 Å². The SMILES string of the molecule is CC(C)(C)OC(=O)N[C@@H](Cc1c[nH]c2ccccc12)C(=O)NCCNC(=O)OCc1ccccc1. The first-order chi connectivity index (χ1) is 16.7. The molecule has 0 radical (unpaired) electrons. The Kier molecular flexibility index (Phi) is 8.72. The summed E-state index contributed by atoms with van der Waals surface area (Å²) in [6.45, 7) is 5.76. The van der Waals surface area contributed by atoms with Gasteiger partial charge in [0.1, 0.15) is 18.2 Å². The lowest BCUT2D eigenvalue weighted by atomic mass is 10.0. The van der Waals surface area contributed by atoms with Gasteiger partial charge in [-0.15, -0.1) is 0 Å². The number of benzene rings is 2. The minimum atomic E-state index is -0.867. The van der Waals surface area contributed by atoms with Gasteiger partial charge in [0.15, 0.2) is 0 Å². The Hall–Kier alpha value is -4.01. The van der Waals surface area contributed by atoms with Gasteiger partial charge in [0.2, 0.25) is 5.91 Å². The summed E-state index contributed by atoms with van der Waals surface area (Å²) in [5.41, 5.74) is 2.01. The van der Waals surface area contributed by atoms with Crippen LogP contribution in [0.1, 0.15) is 31.9 Å². The summed E-state index contributed by atoms with van der Waals surface area (Å²) in [7, 11) is 0. The third-order valence-corrected chi connectivity index (χ3v) is 5.01. The standard InChI is InChI=1S/C26H32N4O5/c1-26(2,3)35-25(33)30-22(15-19-16-29-21-12-8-7-11-20(19)21)23(31)27-13-14-28-24(32)34-17-18-9-5-4-6-10-18/h4-12,16,22,29H,13-15,17H2,1-3H3,(H,27,31)(H,28,32)(H,30,33)/t22-/m0/s1. The molecule has 3 aromatic rings. The maximum Gasteiger partial charge on any atom is 0.408 e. The summed E-state index contributed by atoms with van der Waals surface area (Å²) in [6, 6.07) is 16.2. The lowest BCUT2D eigenvalue weighted by Gasteiger charge is -2.23. The van der Waals surface area contributed by atoms with Gasteiger partial charge >= 0.3 is 12.2 Å². The number of carbonyl (C=O) groups excluding carboxylic acids is 3. The second-order valence-corrected chi connectivity index (χ2v) is 9.04. The Morgan fingerprint density at radius 1 is 0.914 bits per heavy atom. The Morgan fingerprint density at radius 2 is 1.60 bits per heavy atom. The van der Waals surface area contributed by atoms with Crippen molar-refractivity contribution in [2.24, 2.45) is 0 Å². The minimum Gasteiger partial charge on any atom is -0.445 e. The number of aromatic nitrogens is 1. The van der Waals surface area contributed by atoms with Crippen molar-refractivity contribution in [1.82, 2.24) is 20.9 Å². The van der Waals surface area contributed by atoms with Gasteiger partial charge in [-0.1, -0.05) is 48.5 Å². The molecule has 0 aliphatic heterocycles. The van der Waals surface area contributed by atoms with Crippen molar-refractivity contribution in [2.45, 2.75) is 45.4 Å². The fourth-order valence-electron chi connectivity index (χ4n) is 3.43. The predicted molar refractivity (Wildman–Crippen MR) is 133 cm³/mol. The maximum absolute atomic E-state index is 12.9. The number of para-hydroxylation sites is 1. The van der Waals surface area contributed by atoms with Crippen LogP contribution >= 0.6 is 0 Å². The molecular weight excluding hydrogens is 448 g/mol. The number of ether oxygens (including phenoxy) is 2. The van der Waals surface area contributed by atoms with E-state index >= 15 is 0 Å². The molecule has 0 aliphatic rings. The zero-order valence-corrected chi connectivity index (χ0v) is 20.2. The number of hydrogen-bond donors (Lipinski definition) is 4. The molecule has 0 bridgehead atoms. The van der Waals surface area contributed by atoms with Gasteiger partial charge < -0.3 is 30.4 Å². The van der Waals surface area contributed by atoms with Crippen LogP contribution in [0.4, 0.5) is 9.59 Å². The fraction of sp³-hybridized carbons (Fsp3) is 0.346. The summed E-state index contributed by atoms with van der Waals surface area (Å²) >= 11 is 0. The summed E-state index contributed by atoms with van der Waals surface area (Å²) in [6.07, 6.45) is 0.832. The second kappa shape index (κ2) is 11.9. The van der Waals surface area contributed by atoms with E-state index in [1.54, 1.807) is 20.8 Å². The molecular formula is C26H32N4O5. The van der Waals surface area contributed by atoms with Crippen LogP contribution in [-0.2, 0) is 27.3 Å². The van der Waals surface area contributed by atoms with E-state index in [1.165, 1.54) is 0 Å². The highest BCUT2D eigenvalue weighted by Gasteiger charge is 2.25. The second-order valence-electron chi connectivity index (χ2n) is 9.04. The third-order valence-electron chi connectivity index (χ3n) is 5.01. The van der Waals surface area contributed by atoms with Gasteiger partial charge in [-0.25, -0.2) is 9.59 Å². The van der Waals surface area contributed by atoms with E-state index in [0.29, 0.717) is 0 Å². The predicted octanol–water partition coefficient (Wildman–Crippen LogP) is 3.65. The molecule has 3 rings (SSSR count). The quantitative estimate of drug-likeness (QED) is 0.348. The fourth-order valence-corrected chi connectivity index (χ4v) is 3.43. The number of nitrogens with one attached hydrogen (secondary N) is 4. The van der Waals surface area contributed by atoms with Crippen molar-refractivity contribution in [3.05, 3.63) is 71.9 Å². The molecule has 186 valence electrons. The molecule has 0 saturated heterocycles. The van der Waals surface area contributed by atoms with E-state index in [1.807, 2.05) is 60.8 Å². The summed E-state index contributed by atoms with van der Waals surface area (Å²) in [5, 5.41) is 8.98. The van der Waals surface area contributed by atoms with Crippen molar-refractivity contribution >= 4 is 29.0 Å². The van der Waals surface area contributed by atoms with E-state index < -0.39 is 23.8 Å². The molecule has 3 amide bonds. The number of hydrogen-bond acceptors (Lipinski definition) is 5. The topological polar surface area (TPSA) is 122 Å². The number of carbonyl (C=O) groups is 3. The van der Waals surface area contributed by atoms with Crippen LogP contribution in [0.15, 0.2) is 60.8 Å². The van der Waals surface area contributed by atoms with E-state index in [-0.39, 0.29) is 32.0 Å². The summed E-state index contributed by atoms with van der Waals surface area (Å²) in [5.74, 6) is -0.388. The van der Waals surface area contributed by atoms with Gasteiger partial charge in [-0.3, -0.25) is 4.79 Å². The molecule has 1 atom stereocenters. The molecule has 4 N–H and O–H groups in total. The largest absolute Gasteiger partial charge is 0.445 e. The van der Waals surface area contributed by atoms with Gasteiger partial charge in [-0.05, 0) is 38.0 Å². The molecule has 1 heterocycles. The van der Waals surface area contributed by atoms with Gasteiger partial charge in [0.25, 0.3) is 0 Å². The van der Waals surface area contributed by atoms with Crippen molar-refractivity contribution in [2.75, 3.05) is 13.1 Å². The summed E-state index contributed by atoms with van der Waals surface area (Å²) < 4.78 is 10.5. The van der Waals surface area contributed by atoms with Crippen molar-refractivity contribution in [1.29, 1.82) is 0 Å². The highest BCUT2D eigenvalue weighted by Crippen LogP contribution is 2.19. The van der Waals surface area contributed by atoms with E-state index in [9.17, 15) is 14.4 Å². The van der Waals surface area contributed by atoms with E-state index in [2.05, 4.69) is 20.9 Å². The number of H-pyrrole nitrogens is 1. The first-order valence-electron chi connectivity index (χ1n) is 11.5. The lowest BCUT2D eigenvalue weighted by Crippen LogP contribution is -2.50. The molecule has 9 nitrogen and oxygen atoms in total. The van der Waals surface area contributed by atoms with Crippen molar-refractivity contribution in [3.63, 3.8) is 0 Å². The van der Waals surface area contributed by atoms with Crippen molar-refractivity contribution in [3.8, 4) is 0 Å². The average Bonchev–Trinajstić information content (AvgIpc) is 3.22. The zero-order chi connectivity index (χ0) is 25.3. The van der Waals surface area contributed by atoms with Crippen LogP contribution < -0.4 is 16.0 Å². The Bertz CT molecular complexity index is 1140. The van der Waals surface area contributed by atoms with Gasteiger partial charge in [0, 0.05) is 36.6 Å². The van der Waals surface area contributed by atoms with Crippen LogP contribution in [0, 0.1) is 0 Å². The normalized spacial score (nSPS) is 12.0. The lowest BCUT2D eigenvalue weighted by molar-refractivity contribution is -0.123. The van der Waals surface area contributed by atoms with E-state index in [0.717, 1.165) is 22.0 Å². The monoisotopic (exact) mass is 480 g/mol.